The third-order valence-corrected chi connectivity index (χ3v) is 6.49. The normalized spacial score (nSPS) is 16.3. The Bertz CT molecular complexity index is 1380. The molecule has 1 saturated heterocycles. The van der Waals surface area contributed by atoms with E-state index in [0.29, 0.717) is 40.6 Å². The number of benzene rings is 3. The van der Waals surface area contributed by atoms with Crippen LogP contribution in [0.25, 0.3) is 5.76 Å². The molecule has 39 heavy (non-hydrogen) atoms. The Labute approximate surface area is 227 Å². The number of ketones is 1. The van der Waals surface area contributed by atoms with Gasteiger partial charge in [-0.05, 0) is 61.0 Å². The van der Waals surface area contributed by atoms with Crippen molar-refractivity contribution in [1.82, 2.24) is 0 Å². The van der Waals surface area contributed by atoms with E-state index in [1.807, 2.05) is 0 Å². The van der Waals surface area contributed by atoms with E-state index in [4.69, 9.17) is 9.47 Å². The Morgan fingerprint density at radius 1 is 0.974 bits per heavy atom. The number of amides is 2. The molecule has 0 bridgehead atoms. The van der Waals surface area contributed by atoms with Gasteiger partial charge in [0.2, 0.25) is 5.91 Å². The number of para-hydroxylation sites is 1. The monoisotopic (exact) mass is 528 g/mol. The summed E-state index contributed by atoms with van der Waals surface area (Å²) in [5.41, 5.74) is 1.86. The molecule has 2 N–H and O–H groups in total. The molecule has 0 spiro atoms. The van der Waals surface area contributed by atoms with Crippen molar-refractivity contribution in [2.75, 3.05) is 23.9 Å². The summed E-state index contributed by atoms with van der Waals surface area (Å²) < 4.78 is 11.3. The van der Waals surface area contributed by atoms with E-state index < -0.39 is 17.7 Å². The molecule has 8 heteroatoms. The number of methoxy groups -OCH3 is 1. The number of unbranched alkanes of at least 4 members (excludes halogenated alkanes) is 2. The van der Waals surface area contributed by atoms with Crippen molar-refractivity contribution in [1.29, 1.82) is 0 Å². The number of carbonyl (C=O) groups is 3. The van der Waals surface area contributed by atoms with Crippen LogP contribution >= 0.6 is 0 Å². The second-order valence-corrected chi connectivity index (χ2v) is 9.22. The summed E-state index contributed by atoms with van der Waals surface area (Å²) in [7, 11) is 1.51. The van der Waals surface area contributed by atoms with Crippen molar-refractivity contribution < 1.29 is 29.0 Å². The highest BCUT2D eigenvalue weighted by Gasteiger charge is 2.47. The molecule has 0 saturated carbocycles. The van der Waals surface area contributed by atoms with Gasteiger partial charge in [0.15, 0.2) is 0 Å². The zero-order chi connectivity index (χ0) is 27.9. The lowest BCUT2D eigenvalue weighted by Gasteiger charge is -2.26. The van der Waals surface area contributed by atoms with Gasteiger partial charge in [-0.1, -0.05) is 38.0 Å². The maximum absolute atomic E-state index is 13.4. The van der Waals surface area contributed by atoms with Gasteiger partial charge in [-0.25, -0.2) is 0 Å². The number of nitrogens with zero attached hydrogens (tertiary/aromatic N) is 1. The molecule has 1 fully saturated rings. The Kier molecular flexibility index (Phi) is 8.66. The minimum atomic E-state index is -0.947. The van der Waals surface area contributed by atoms with Gasteiger partial charge >= 0.3 is 0 Å². The average Bonchev–Trinajstić information content (AvgIpc) is 3.21. The highest BCUT2D eigenvalue weighted by atomic mass is 16.5. The van der Waals surface area contributed by atoms with Gasteiger partial charge in [0.05, 0.1) is 25.3 Å². The molecule has 1 aliphatic heterocycles. The smallest absolute Gasteiger partial charge is 0.300 e. The number of hydrogen-bond donors (Lipinski definition) is 2. The van der Waals surface area contributed by atoms with Gasteiger partial charge < -0.3 is 19.9 Å². The third kappa shape index (κ3) is 5.95. The number of ether oxygens (including phenoxy) is 2. The first-order chi connectivity index (χ1) is 18.8. The molecule has 1 heterocycles. The molecule has 1 unspecified atom stereocenters. The van der Waals surface area contributed by atoms with E-state index in [1.165, 1.54) is 18.9 Å². The first-order valence-electron chi connectivity index (χ1n) is 12.9. The van der Waals surface area contributed by atoms with Crippen molar-refractivity contribution in [3.63, 3.8) is 0 Å². The molecule has 4 rings (SSSR count). The number of aliphatic hydroxyl groups is 1. The zero-order valence-corrected chi connectivity index (χ0v) is 22.3. The van der Waals surface area contributed by atoms with E-state index in [1.54, 1.807) is 72.8 Å². The van der Waals surface area contributed by atoms with Crippen molar-refractivity contribution in [3.05, 3.63) is 89.5 Å². The van der Waals surface area contributed by atoms with E-state index >= 15 is 0 Å². The predicted octanol–water partition coefficient (Wildman–Crippen LogP) is 5.85. The number of Topliss-reactive ketones (excluding diaryl/α,β-unsaturated/α-hetero) is 1. The number of nitrogens with one attached hydrogen (secondary N) is 1. The fourth-order valence-electron chi connectivity index (χ4n) is 4.60. The SMILES string of the molecule is CCCCCOc1ccc(/C(O)=C2/C(=O)C(=O)N(c3ccc(NC(C)=O)cc3)C2c2ccccc2OC)cc1. The molecule has 1 aliphatic rings. The van der Waals surface area contributed by atoms with Gasteiger partial charge in [0.25, 0.3) is 11.7 Å². The molecular weight excluding hydrogens is 496 g/mol. The molecule has 0 aromatic heterocycles. The maximum Gasteiger partial charge on any atom is 0.300 e. The van der Waals surface area contributed by atoms with Gasteiger partial charge in [0, 0.05) is 29.4 Å². The summed E-state index contributed by atoms with van der Waals surface area (Å²) in [5.74, 6) is -0.992. The van der Waals surface area contributed by atoms with Crippen LogP contribution in [0.3, 0.4) is 0 Å². The third-order valence-electron chi connectivity index (χ3n) is 6.49. The zero-order valence-electron chi connectivity index (χ0n) is 22.3. The molecule has 0 aliphatic carbocycles. The quantitative estimate of drug-likeness (QED) is 0.148. The van der Waals surface area contributed by atoms with Crippen molar-refractivity contribution in [2.24, 2.45) is 0 Å². The van der Waals surface area contributed by atoms with Gasteiger partial charge in [-0.15, -0.1) is 0 Å². The number of aliphatic hydroxyl groups excluding tert-OH is 1. The molecule has 0 radical (unpaired) electrons. The van der Waals surface area contributed by atoms with E-state index in [0.717, 1.165) is 19.3 Å². The van der Waals surface area contributed by atoms with Crippen LogP contribution in [0.4, 0.5) is 11.4 Å². The van der Waals surface area contributed by atoms with Crippen LogP contribution in [0, 0.1) is 0 Å². The van der Waals surface area contributed by atoms with Gasteiger partial charge in [0.1, 0.15) is 17.3 Å². The average molecular weight is 529 g/mol. The van der Waals surface area contributed by atoms with Crippen LogP contribution in [0.1, 0.15) is 50.3 Å². The predicted molar refractivity (Wildman–Crippen MR) is 150 cm³/mol. The topological polar surface area (TPSA) is 105 Å². The van der Waals surface area contributed by atoms with Crippen molar-refractivity contribution in [2.45, 2.75) is 39.2 Å². The van der Waals surface area contributed by atoms with Crippen molar-refractivity contribution in [3.8, 4) is 11.5 Å². The Morgan fingerprint density at radius 2 is 1.67 bits per heavy atom. The summed E-state index contributed by atoms with van der Waals surface area (Å²) >= 11 is 0. The summed E-state index contributed by atoms with van der Waals surface area (Å²) in [6.07, 6.45) is 3.13. The number of rotatable bonds is 10. The molecule has 3 aromatic carbocycles. The largest absolute Gasteiger partial charge is 0.507 e. The summed E-state index contributed by atoms with van der Waals surface area (Å²) in [5, 5.41) is 14.1. The lowest BCUT2D eigenvalue weighted by molar-refractivity contribution is -0.132. The molecule has 3 aromatic rings. The fraction of sp³-hybridized carbons (Fsp3) is 0.258. The molecule has 202 valence electrons. The van der Waals surface area contributed by atoms with Crippen LogP contribution in [-0.4, -0.2) is 36.4 Å². The minimum absolute atomic E-state index is 0.0490. The number of carbonyl (C=O) groups excluding carboxylic acids is 3. The summed E-state index contributed by atoms with van der Waals surface area (Å²) in [4.78, 5) is 39.6. The Hall–Kier alpha value is -4.59. The highest BCUT2D eigenvalue weighted by molar-refractivity contribution is 6.51. The van der Waals surface area contributed by atoms with E-state index in [9.17, 15) is 19.5 Å². The lowest BCUT2D eigenvalue weighted by atomic mass is 9.94. The van der Waals surface area contributed by atoms with Gasteiger partial charge in [-0.2, -0.15) is 0 Å². The second-order valence-electron chi connectivity index (χ2n) is 9.22. The number of hydrogen-bond acceptors (Lipinski definition) is 6. The van der Waals surface area contributed by atoms with E-state index in [2.05, 4.69) is 12.2 Å². The van der Waals surface area contributed by atoms with Crippen LogP contribution in [-0.2, 0) is 14.4 Å². The minimum Gasteiger partial charge on any atom is -0.507 e. The Balaban J connectivity index is 1.77. The Morgan fingerprint density at radius 3 is 2.31 bits per heavy atom. The first-order valence-corrected chi connectivity index (χ1v) is 12.9. The van der Waals surface area contributed by atoms with Crippen LogP contribution in [0.15, 0.2) is 78.4 Å². The van der Waals surface area contributed by atoms with Crippen LogP contribution in [0.2, 0.25) is 0 Å². The summed E-state index contributed by atoms with van der Waals surface area (Å²) in [6, 6.07) is 19.5. The fourth-order valence-corrected chi connectivity index (χ4v) is 4.60. The maximum atomic E-state index is 13.4. The standard InChI is InChI=1S/C31H32N2O6/c1-4-5-8-19-39-24-17-11-21(12-18-24)29(35)27-28(25-9-6-7-10-26(25)38-3)33(31(37)30(27)36)23-15-13-22(14-16-23)32-20(2)34/h6-7,9-18,28,35H,4-5,8,19H2,1-3H3,(H,32,34)/b29-27-. The first kappa shape index (κ1) is 27.4. The molecular formula is C31H32N2O6. The second kappa shape index (κ2) is 12.3. The summed E-state index contributed by atoms with van der Waals surface area (Å²) in [6.45, 7) is 4.12. The van der Waals surface area contributed by atoms with Crippen molar-refractivity contribution >= 4 is 34.7 Å². The number of anilines is 2. The molecule has 2 amide bonds. The lowest BCUT2D eigenvalue weighted by Crippen LogP contribution is -2.29. The van der Waals surface area contributed by atoms with Crippen LogP contribution < -0.4 is 19.7 Å². The highest BCUT2D eigenvalue weighted by Crippen LogP contribution is 2.45. The molecule has 1 atom stereocenters. The van der Waals surface area contributed by atoms with E-state index in [-0.39, 0.29) is 17.2 Å². The molecule has 8 nitrogen and oxygen atoms in total. The van der Waals surface area contributed by atoms with Gasteiger partial charge in [-0.3, -0.25) is 19.3 Å². The van der Waals surface area contributed by atoms with Crippen LogP contribution in [0.5, 0.6) is 11.5 Å².